The highest BCUT2D eigenvalue weighted by Gasteiger charge is 2.72. The number of hydrogen-bond donors (Lipinski definition) is 6. The van der Waals surface area contributed by atoms with Crippen LogP contribution >= 0.6 is 7.82 Å². The van der Waals surface area contributed by atoms with Crippen LogP contribution in [-0.4, -0.2) is 107 Å². The molecule has 5 heterocycles. The molecule has 47 heavy (non-hydrogen) atoms. The number of hydrogen-bond acceptors (Lipinski definition) is 7. The summed E-state index contributed by atoms with van der Waals surface area (Å²) in [6.45, 7) is 8.50. The maximum atomic E-state index is 14.4. The summed E-state index contributed by atoms with van der Waals surface area (Å²) in [5, 5.41) is 16.4. The molecular formula is C32H44N5O9P. The van der Waals surface area contributed by atoms with E-state index in [1.54, 1.807) is 4.90 Å². The highest BCUT2D eigenvalue weighted by Crippen LogP contribution is 2.49. The van der Waals surface area contributed by atoms with E-state index in [2.05, 4.69) is 33.5 Å². The van der Waals surface area contributed by atoms with Crippen LogP contribution in [-0.2, 0) is 30.1 Å². The van der Waals surface area contributed by atoms with E-state index < -0.39 is 49.3 Å². The summed E-state index contributed by atoms with van der Waals surface area (Å²) in [6.07, 6.45) is 6.87. The van der Waals surface area contributed by atoms with Crippen molar-refractivity contribution < 1.29 is 43.5 Å². The van der Waals surface area contributed by atoms with Gasteiger partial charge in [-0.25, -0.2) is 4.57 Å². The summed E-state index contributed by atoms with van der Waals surface area (Å²) >= 11 is 0. The van der Waals surface area contributed by atoms with Crippen molar-refractivity contribution in [1.29, 1.82) is 0 Å². The van der Waals surface area contributed by atoms with Crippen LogP contribution in [0, 0.1) is 17.8 Å². The molecule has 7 atom stereocenters. The molecule has 6 N–H and O–H groups in total. The minimum Gasteiger partial charge on any atom is -0.361 e. The molecule has 5 aliphatic rings. The van der Waals surface area contributed by atoms with Crippen LogP contribution in [0.2, 0.25) is 0 Å². The van der Waals surface area contributed by atoms with E-state index in [-0.39, 0.29) is 23.8 Å². The first-order valence-electron chi connectivity index (χ1n) is 16.2. The van der Waals surface area contributed by atoms with Crippen molar-refractivity contribution in [2.75, 3.05) is 20.1 Å². The van der Waals surface area contributed by atoms with Gasteiger partial charge in [-0.05, 0) is 55.0 Å². The Labute approximate surface area is 273 Å². The summed E-state index contributed by atoms with van der Waals surface area (Å²) in [5.74, 6) is -4.28. The van der Waals surface area contributed by atoms with Gasteiger partial charge in [0.25, 0.3) is 11.8 Å². The lowest BCUT2D eigenvalue weighted by Crippen LogP contribution is -2.72. The Kier molecular flexibility index (Phi) is 8.48. The van der Waals surface area contributed by atoms with Crippen LogP contribution in [0.15, 0.2) is 30.5 Å². The van der Waals surface area contributed by atoms with E-state index >= 15 is 0 Å². The molecule has 1 aliphatic carbocycles. The number of likely N-dealkylation sites (N-methyl/N-ethyl adjacent to an activating group) is 1. The summed E-state index contributed by atoms with van der Waals surface area (Å²) in [4.78, 5) is 72.3. The van der Waals surface area contributed by atoms with E-state index in [1.807, 2.05) is 46.9 Å². The third kappa shape index (κ3) is 5.44. The molecule has 7 rings (SSSR count). The van der Waals surface area contributed by atoms with E-state index in [0.29, 0.717) is 25.9 Å². The highest BCUT2D eigenvalue weighted by atomic mass is 31.2. The smallest absolute Gasteiger partial charge is 0.361 e. The first-order valence-corrected chi connectivity index (χ1v) is 17.8. The Morgan fingerprint density at radius 3 is 2.57 bits per heavy atom. The molecule has 0 radical (unpaired) electrons. The summed E-state index contributed by atoms with van der Waals surface area (Å²) in [7, 11) is -2.61. The van der Waals surface area contributed by atoms with Crippen LogP contribution in [0.1, 0.15) is 58.1 Å². The highest BCUT2D eigenvalue weighted by molar-refractivity contribution is 7.45. The molecule has 1 aromatic heterocycles. The third-order valence-electron chi connectivity index (χ3n) is 10.6. The second-order valence-electron chi connectivity index (χ2n) is 13.8. The summed E-state index contributed by atoms with van der Waals surface area (Å²) in [5.41, 5.74) is 2.79. The molecule has 1 aromatic carbocycles. The molecular weight excluding hydrogens is 629 g/mol. The molecule has 2 aromatic rings. The monoisotopic (exact) mass is 673 g/mol. The van der Waals surface area contributed by atoms with E-state index in [0.717, 1.165) is 29.5 Å². The zero-order chi connectivity index (χ0) is 34.2. The molecule has 3 fully saturated rings. The average molecular weight is 674 g/mol. The fourth-order valence-corrected chi connectivity index (χ4v) is 8.11. The van der Waals surface area contributed by atoms with Gasteiger partial charge in [0.2, 0.25) is 17.5 Å². The Balaban J connectivity index is 0.000000720. The number of fused-ring (bicyclic) bond motifs is 5. The molecule has 3 saturated heterocycles. The number of benzene rings is 1. The molecule has 256 valence electrons. The van der Waals surface area contributed by atoms with Gasteiger partial charge in [0.05, 0.1) is 5.92 Å². The van der Waals surface area contributed by atoms with Crippen LogP contribution in [0.3, 0.4) is 0 Å². The minimum atomic E-state index is -4.64. The molecule has 14 nitrogen and oxygen atoms in total. The number of rotatable bonds is 5. The van der Waals surface area contributed by atoms with Gasteiger partial charge in [-0.1, -0.05) is 52.3 Å². The number of phosphoric acid groups is 1. The fourth-order valence-electron chi connectivity index (χ4n) is 8.11. The number of nitrogens with zero attached hydrogens (tertiary/aromatic N) is 3. The molecule has 0 spiro atoms. The van der Waals surface area contributed by atoms with E-state index in [1.165, 1.54) is 15.8 Å². The molecule has 0 unspecified atom stereocenters. The third-order valence-corrected chi connectivity index (χ3v) is 10.6. The van der Waals surface area contributed by atoms with Crippen LogP contribution in [0.4, 0.5) is 0 Å². The predicted octanol–water partition coefficient (Wildman–Crippen LogP) is 1.50. The number of carbonyl (C=O) groups excluding carboxylic acids is 3. The number of aromatic amines is 1. The van der Waals surface area contributed by atoms with Crippen molar-refractivity contribution in [3.05, 3.63) is 41.6 Å². The SMILES string of the molecule is CC[C@H](C)[C@H]1C(=O)N2CCC[C@H]2[C@]2(O)O[C@](NC(=O)[C@@H]3C=C4c5cccc6[nH]cc(c56)C[C@H]4N(C)C3)(C(C)C)C(=O)N12.O=P(O)(O)O. The minimum absolute atomic E-state index is 0.150. The van der Waals surface area contributed by atoms with Crippen LogP contribution in [0.5, 0.6) is 0 Å². The van der Waals surface area contributed by atoms with Crippen molar-refractivity contribution in [1.82, 2.24) is 25.0 Å². The number of carbonyl (C=O) groups is 3. The molecule has 0 bridgehead atoms. The number of nitrogens with one attached hydrogen (secondary N) is 2. The van der Waals surface area contributed by atoms with Gasteiger partial charge in [0.1, 0.15) is 12.1 Å². The van der Waals surface area contributed by atoms with Gasteiger partial charge in [0.15, 0.2) is 0 Å². The van der Waals surface area contributed by atoms with Gasteiger partial charge in [0, 0.05) is 42.1 Å². The lowest BCUT2D eigenvalue weighted by molar-refractivity contribution is -0.324. The second-order valence-corrected chi connectivity index (χ2v) is 14.8. The number of piperazine rings is 1. The average Bonchev–Trinajstić information content (AvgIpc) is 3.71. The van der Waals surface area contributed by atoms with Gasteiger partial charge in [-0.3, -0.25) is 28.9 Å². The van der Waals surface area contributed by atoms with Crippen LogP contribution < -0.4 is 5.32 Å². The van der Waals surface area contributed by atoms with Gasteiger partial charge < -0.3 is 35.0 Å². The molecule has 0 saturated carbocycles. The molecule has 3 amide bonds. The Morgan fingerprint density at radius 2 is 1.91 bits per heavy atom. The summed E-state index contributed by atoms with van der Waals surface area (Å²) in [6, 6.07) is 4.82. The lowest BCUT2D eigenvalue weighted by atomic mass is 9.79. The topological polar surface area (TPSA) is 196 Å². The number of ether oxygens (including phenoxy) is 1. The summed E-state index contributed by atoms with van der Waals surface area (Å²) < 4.78 is 15.3. The zero-order valence-corrected chi connectivity index (χ0v) is 28.1. The zero-order valence-electron chi connectivity index (χ0n) is 27.2. The van der Waals surface area contributed by atoms with E-state index in [9.17, 15) is 19.5 Å². The normalized spacial score (nSPS) is 32.4. The van der Waals surface area contributed by atoms with E-state index in [4.69, 9.17) is 24.0 Å². The number of H-pyrrole nitrogens is 1. The first kappa shape index (κ1) is 33.8. The molecule has 4 aliphatic heterocycles. The second kappa shape index (κ2) is 11.8. The number of aromatic nitrogens is 1. The van der Waals surface area contributed by atoms with Crippen LogP contribution in [0.25, 0.3) is 16.5 Å². The maximum Gasteiger partial charge on any atom is 0.466 e. The number of amides is 3. The van der Waals surface area contributed by atoms with Crippen molar-refractivity contribution in [2.45, 2.75) is 83.1 Å². The Bertz CT molecular complexity index is 1680. The standard InChI is InChI=1S/C32H41N5O5.H3O4P/c1-6-18(4)27-29(39)36-12-8-11-25(36)32(41)37(27)30(40)31(42-32,17(2)3)34-28(38)20-13-22-21-9-7-10-23-26(21)19(15-33-23)14-24(22)35(5)16-20;1-5(2,3)4/h7,9-10,13,15,17-18,20,24-25,27,33,41H,6,8,11-12,14,16H2,1-5H3,(H,34,38);(H3,1,2,3,4)/t18-,20+,24+,25-,27-,31+,32-;/m0./s1. The first-order chi connectivity index (χ1) is 22.0. The Morgan fingerprint density at radius 1 is 1.21 bits per heavy atom. The largest absolute Gasteiger partial charge is 0.466 e. The van der Waals surface area contributed by atoms with Crippen molar-refractivity contribution >= 4 is 42.0 Å². The van der Waals surface area contributed by atoms with Gasteiger partial charge >= 0.3 is 7.82 Å². The molecule has 15 heteroatoms. The fraction of sp³-hybridized carbons (Fsp3) is 0.594. The van der Waals surface area contributed by atoms with Crippen molar-refractivity contribution in [3.63, 3.8) is 0 Å². The van der Waals surface area contributed by atoms with Gasteiger partial charge in [-0.2, -0.15) is 0 Å². The predicted molar refractivity (Wildman–Crippen MR) is 171 cm³/mol. The number of aliphatic hydroxyl groups is 1. The maximum absolute atomic E-state index is 14.4. The Hall–Kier alpha value is -3.10. The van der Waals surface area contributed by atoms with Crippen molar-refractivity contribution in [3.8, 4) is 0 Å². The van der Waals surface area contributed by atoms with Gasteiger partial charge in [-0.15, -0.1) is 0 Å². The van der Waals surface area contributed by atoms with Crippen molar-refractivity contribution in [2.24, 2.45) is 17.8 Å². The quantitative estimate of drug-likeness (QED) is 0.253. The lowest BCUT2D eigenvalue weighted by Gasteiger charge is -2.50.